The first-order valence-corrected chi connectivity index (χ1v) is 12.3. The monoisotopic (exact) mass is 454 g/mol. The fraction of sp³-hybridized carbons (Fsp3) is 0.500. The lowest BCUT2D eigenvalue weighted by molar-refractivity contribution is 0.0550. The summed E-state index contributed by atoms with van der Waals surface area (Å²) in [7, 11) is 0. The van der Waals surface area contributed by atoms with Gasteiger partial charge in [-0.25, -0.2) is 4.98 Å². The van der Waals surface area contributed by atoms with Crippen molar-refractivity contribution in [2.45, 2.75) is 32.2 Å². The van der Waals surface area contributed by atoms with Crippen molar-refractivity contribution >= 4 is 33.3 Å². The minimum atomic E-state index is 0.0339. The van der Waals surface area contributed by atoms with E-state index < -0.39 is 0 Å². The summed E-state index contributed by atoms with van der Waals surface area (Å²) in [6.07, 6.45) is 3.96. The number of aliphatic hydroxyl groups excluding tert-OH is 1. The number of para-hydroxylation sites is 1. The van der Waals surface area contributed by atoms with Crippen molar-refractivity contribution in [3.63, 3.8) is 0 Å². The molecule has 32 heavy (non-hydrogen) atoms. The molecule has 0 saturated carbocycles. The van der Waals surface area contributed by atoms with Crippen molar-refractivity contribution < 1.29 is 14.6 Å². The van der Waals surface area contributed by atoms with Gasteiger partial charge in [-0.3, -0.25) is 4.79 Å². The van der Waals surface area contributed by atoms with Crippen LogP contribution in [0.5, 0.6) is 0 Å². The Hall–Kier alpha value is -2.42. The second-order valence-corrected chi connectivity index (χ2v) is 9.94. The van der Waals surface area contributed by atoms with E-state index >= 15 is 0 Å². The van der Waals surface area contributed by atoms with Crippen LogP contribution in [0.1, 0.15) is 40.3 Å². The Morgan fingerprint density at radius 2 is 2.19 bits per heavy atom. The summed E-state index contributed by atoms with van der Waals surface area (Å²) in [5.41, 5.74) is 2.71. The molecule has 1 amide bonds. The first-order chi connectivity index (χ1) is 15.7. The van der Waals surface area contributed by atoms with E-state index in [1.165, 1.54) is 0 Å². The third-order valence-corrected chi connectivity index (χ3v) is 7.63. The van der Waals surface area contributed by atoms with Crippen molar-refractivity contribution in [1.29, 1.82) is 0 Å². The van der Waals surface area contributed by atoms with E-state index in [-0.39, 0.29) is 18.4 Å². The number of amides is 1. The molecular formula is C24H30N4O3S. The van der Waals surface area contributed by atoms with Crippen LogP contribution in [0.4, 0.5) is 5.13 Å². The number of nitrogens with zero attached hydrogens (tertiary/aromatic N) is 2. The molecule has 0 aliphatic carbocycles. The maximum atomic E-state index is 13.1. The molecule has 3 aromatic rings. The van der Waals surface area contributed by atoms with E-state index in [1.807, 2.05) is 35.2 Å². The quantitative estimate of drug-likeness (QED) is 0.507. The molecule has 3 N–H and O–H groups in total. The average Bonchev–Trinajstić information content (AvgIpc) is 3.45. The molecule has 8 heteroatoms. The van der Waals surface area contributed by atoms with Gasteiger partial charge in [0.25, 0.3) is 5.91 Å². The SMILES string of the molecule is O=C(c1cc2ccccc2[nH]1)N1CCc2nc(NCC(CO)CC3CCOCC3)sc2C1. The van der Waals surface area contributed by atoms with Crippen LogP contribution in [0.15, 0.2) is 30.3 Å². The van der Waals surface area contributed by atoms with Crippen LogP contribution >= 0.6 is 11.3 Å². The van der Waals surface area contributed by atoms with Crippen LogP contribution in [-0.2, 0) is 17.7 Å². The normalized spacial score (nSPS) is 18.0. The number of hydrogen-bond donors (Lipinski definition) is 3. The standard InChI is InChI=1S/C24H30N4O3S/c29-15-17(11-16-6-9-31-10-7-16)13-25-24-27-20-5-8-28(14-22(20)32-24)23(30)21-12-18-3-1-2-4-19(18)26-21/h1-4,12,16-17,26,29H,5-11,13-15H2,(H,25,27). The molecular weight excluding hydrogens is 424 g/mol. The predicted octanol–water partition coefficient (Wildman–Crippen LogP) is 3.66. The number of thiazole rings is 1. The number of nitrogens with one attached hydrogen (secondary N) is 2. The van der Waals surface area contributed by atoms with Gasteiger partial charge in [0.2, 0.25) is 0 Å². The highest BCUT2D eigenvalue weighted by Gasteiger charge is 2.26. The van der Waals surface area contributed by atoms with Gasteiger partial charge in [-0.05, 0) is 43.2 Å². The second kappa shape index (κ2) is 9.60. The van der Waals surface area contributed by atoms with E-state index in [9.17, 15) is 9.90 Å². The molecule has 2 aromatic heterocycles. The molecule has 1 saturated heterocycles. The molecule has 1 unspecified atom stereocenters. The van der Waals surface area contributed by atoms with E-state index in [4.69, 9.17) is 9.72 Å². The molecule has 1 fully saturated rings. The molecule has 1 aromatic carbocycles. The van der Waals surface area contributed by atoms with Gasteiger partial charge in [-0.1, -0.05) is 29.5 Å². The van der Waals surface area contributed by atoms with Gasteiger partial charge in [0.05, 0.1) is 12.2 Å². The number of aromatic amines is 1. The summed E-state index contributed by atoms with van der Waals surface area (Å²) >= 11 is 1.63. The molecule has 7 nitrogen and oxygen atoms in total. The van der Waals surface area contributed by atoms with Crippen LogP contribution in [-0.4, -0.2) is 58.8 Å². The zero-order valence-electron chi connectivity index (χ0n) is 18.2. The molecule has 1 atom stereocenters. The molecule has 0 bridgehead atoms. The molecule has 170 valence electrons. The minimum Gasteiger partial charge on any atom is -0.396 e. The fourth-order valence-corrected chi connectivity index (χ4v) is 5.74. The molecule has 2 aliphatic rings. The third kappa shape index (κ3) is 4.67. The minimum absolute atomic E-state index is 0.0339. The number of anilines is 1. The van der Waals surface area contributed by atoms with E-state index in [0.29, 0.717) is 24.7 Å². The Bertz CT molecular complexity index is 1040. The van der Waals surface area contributed by atoms with Gasteiger partial charge in [-0.15, -0.1) is 0 Å². The van der Waals surface area contributed by atoms with Gasteiger partial charge in [0, 0.05) is 55.1 Å². The van der Waals surface area contributed by atoms with Gasteiger partial charge >= 0.3 is 0 Å². The maximum absolute atomic E-state index is 13.1. The predicted molar refractivity (Wildman–Crippen MR) is 126 cm³/mol. The number of ether oxygens (including phenoxy) is 1. The highest BCUT2D eigenvalue weighted by Crippen LogP contribution is 2.30. The molecule has 4 heterocycles. The molecule has 0 radical (unpaired) electrons. The maximum Gasteiger partial charge on any atom is 0.270 e. The summed E-state index contributed by atoms with van der Waals surface area (Å²) in [5.74, 6) is 0.891. The number of rotatable bonds is 7. The van der Waals surface area contributed by atoms with Gasteiger partial charge < -0.3 is 25.0 Å². The lowest BCUT2D eigenvalue weighted by Gasteiger charge is -2.25. The van der Waals surface area contributed by atoms with E-state index in [1.54, 1.807) is 11.3 Å². The Balaban J connectivity index is 1.19. The Kier molecular flexibility index (Phi) is 6.43. The van der Waals surface area contributed by atoms with Crippen LogP contribution in [0.2, 0.25) is 0 Å². The Morgan fingerprint density at radius 1 is 1.34 bits per heavy atom. The Morgan fingerprint density at radius 3 is 3.00 bits per heavy atom. The highest BCUT2D eigenvalue weighted by molar-refractivity contribution is 7.15. The van der Waals surface area contributed by atoms with Gasteiger partial charge in [0.1, 0.15) is 5.69 Å². The number of carbonyl (C=O) groups is 1. The van der Waals surface area contributed by atoms with E-state index in [0.717, 1.165) is 72.0 Å². The van der Waals surface area contributed by atoms with Crippen LogP contribution < -0.4 is 5.32 Å². The topological polar surface area (TPSA) is 90.5 Å². The van der Waals surface area contributed by atoms with Gasteiger partial charge in [0.15, 0.2) is 5.13 Å². The lowest BCUT2D eigenvalue weighted by Crippen LogP contribution is -2.35. The van der Waals surface area contributed by atoms with Crippen molar-refractivity contribution in [1.82, 2.24) is 14.9 Å². The first-order valence-electron chi connectivity index (χ1n) is 11.5. The third-order valence-electron chi connectivity index (χ3n) is 6.59. The number of hydrogen-bond acceptors (Lipinski definition) is 6. The van der Waals surface area contributed by atoms with Gasteiger partial charge in [-0.2, -0.15) is 0 Å². The lowest BCUT2D eigenvalue weighted by atomic mass is 9.89. The zero-order valence-corrected chi connectivity index (χ0v) is 19.0. The highest BCUT2D eigenvalue weighted by atomic mass is 32.1. The number of aromatic nitrogens is 2. The first kappa shape index (κ1) is 21.4. The molecule has 5 rings (SSSR count). The number of carbonyl (C=O) groups excluding carboxylic acids is 1. The number of fused-ring (bicyclic) bond motifs is 2. The summed E-state index contributed by atoms with van der Waals surface area (Å²) < 4.78 is 5.44. The summed E-state index contributed by atoms with van der Waals surface area (Å²) in [6, 6.07) is 9.88. The van der Waals surface area contributed by atoms with Crippen LogP contribution in [0.25, 0.3) is 10.9 Å². The van der Waals surface area contributed by atoms with E-state index in [2.05, 4.69) is 10.3 Å². The number of aliphatic hydroxyl groups is 1. The average molecular weight is 455 g/mol. The largest absolute Gasteiger partial charge is 0.396 e. The number of H-pyrrole nitrogens is 1. The van der Waals surface area contributed by atoms with Crippen molar-refractivity contribution in [2.24, 2.45) is 11.8 Å². The summed E-state index contributed by atoms with van der Waals surface area (Å²) in [5, 5.41) is 15.2. The zero-order chi connectivity index (χ0) is 21.9. The van der Waals surface area contributed by atoms with Crippen molar-refractivity contribution in [3.8, 4) is 0 Å². The second-order valence-electron chi connectivity index (χ2n) is 8.86. The Labute approximate surface area is 191 Å². The van der Waals surface area contributed by atoms with Crippen molar-refractivity contribution in [3.05, 3.63) is 46.6 Å². The van der Waals surface area contributed by atoms with Crippen molar-refractivity contribution in [2.75, 3.05) is 38.2 Å². The summed E-state index contributed by atoms with van der Waals surface area (Å²) in [4.78, 5) is 24.1. The molecule has 0 spiro atoms. The van der Waals surface area contributed by atoms with Crippen LogP contribution in [0.3, 0.4) is 0 Å². The summed E-state index contributed by atoms with van der Waals surface area (Å²) in [6.45, 7) is 3.84. The van der Waals surface area contributed by atoms with Crippen LogP contribution in [0, 0.1) is 11.8 Å². The number of benzene rings is 1. The molecule has 2 aliphatic heterocycles. The fourth-order valence-electron chi connectivity index (χ4n) is 4.71. The smallest absolute Gasteiger partial charge is 0.270 e.